The molecule has 8 heteroatoms. The number of hydrogen-bond donors (Lipinski definition) is 2. The highest BCUT2D eigenvalue weighted by molar-refractivity contribution is 6.35. The average molecular weight is 458 g/mol. The van der Waals surface area contributed by atoms with Crippen molar-refractivity contribution in [2.75, 3.05) is 12.4 Å². The number of nitrogens with zero attached hydrogens (tertiary/aromatic N) is 1. The van der Waals surface area contributed by atoms with Crippen molar-refractivity contribution >= 4 is 41.1 Å². The molecule has 0 spiro atoms. The van der Waals surface area contributed by atoms with Crippen LogP contribution in [0.1, 0.15) is 16.7 Å². The minimum absolute atomic E-state index is 0.264. The van der Waals surface area contributed by atoms with E-state index in [0.717, 1.165) is 22.4 Å². The SMILES string of the molecule is COc1cc(C=NNC(=O)Nc2ccccc2C)ccc1OCc1ccc(Cl)cc1Cl. The fourth-order valence-corrected chi connectivity index (χ4v) is 3.17. The van der Waals surface area contributed by atoms with Crippen LogP contribution in [-0.2, 0) is 6.61 Å². The Bertz CT molecular complexity index is 1100. The lowest BCUT2D eigenvalue weighted by Crippen LogP contribution is -2.24. The lowest BCUT2D eigenvalue weighted by molar-refractivity contribution is 0.252. The largest absolute Gasteiger partial charge is 0.493 e. The summed E-state index contributed by atoms with van der Waals surface area (Å²) in [5.41, 5.74) is 5.65. The van der Waals surface area contributed by atoms with Crippen molar-refractivity contribution in [2.24, 2.45) is 5.10 Å². The van der Waals surface area contributed by atoms with Crippen molar-refractivity contribution in [3.05, 3.63) is 87.4 Å². The first kappa shape index (κ1) is 22.5. The van der Waals surface area contributed by atoms with Gasteiger partial charge in [-0.15, -0.1) is 0 Å². The zero-order valence-corrected chi connectivity index (χ0v) is 18.5. The smallest absolute Gasteiger partial charge is 0.339 e. The molecule has 0 saturated carbocycles. The van der Waals surface area contributed by atoms with E-state index in [-0.39, 0.29) is 6.61 Å². The van der Waals surface area contributed by atoms with Crippen LogP contribution in [0, 0.1) is 6.92 Å². The Morgan fingerprint density at radius 1 is 1.06 bits per heavy atom. The van der Waals surface area contributed by atoms with Crippen molar-refractivity contribution < 1.29 is 14.3 Å². The second-order valence-corrected chi connectivity index (χ2v) is 7.42. The van der Waals surface area contributed by atoms with E-state index < -0.39 is 6.03 Å². The zero-order valence-electron chi connectivity index (χ0n) is 17.0. The molecule has 0 aliphatic heterocycles. The van der Waals surface area contributed by atoms with Crippen molar-refractivity contribution in [2.45, 2.75) is 13.5 Å². The van der Waals surface area contributed by atoms with Crippen LogP contribution in [0.4, 0.5) is 10.5 Å². The lowest BCUT2D eigenvalue weighted by Gasteiger charge is -2.12. The van der Waals surface area contributed by atoms with Crippen LogP contribution >= 0.6 is 23.2 Å². The Kier molecular flexibility index (Phi) is 7.76. The number of carbonyl (C=O) groups excluding carboxylic acids is 1. The van der Waals surface area contributed by atoms with Crippen LogP contribution < -0.4 is 20.2 Å². The number of benzene rings is 3. The molecule has 0 saturated heterocycles. The summed E-state index contributed by atoms with van der Waals surface area (Å²) in [6.45, 7) is 2.18. The molecule has 3 rings (SSSR count). The summed E-state index contributed by atoms with van der Waals surface area (Å²) in [7, 11) is 1.55. The molecule has 31 heavy (non-hydrogen) atoms. The van der Waals surface area contributed by atoms with E-state index in [4.69, 9.17) is 32.7 Å². The Balaban J connectivity index is 1.60. The van der Waals surface area contributed by atoms with Gasteiger partial charge in [0.1, 0.15) is 6.61 Å². The van der Waals surface area contributed by atoms with E-state index in [1.54, 1.807) is 37.4 Å². The maximum Gasteiger partial charge on any atom is 0.339 e. The van der Waals surface area contributed by atoms with Gasteiger partial charge in [0.05, 0.1) is 13.3 Å². The molecule has 3 aromatic carbocycles. The molecule has 0 fully saturated rings. The van der Waals surface area contributed by atoms with E-state index in [2.05, 4.69) is 15.8 Å². The first-order valence-electron chi connectivity index (χ1n) is 9.36. The molecule has 2 N–H and O–H groups in total. The van der Waals surface area contributed by atoms with Crippen LogP contribution in [0.3, 0.4) is 0 Å². The quantitative estimate of drug-likeness (QED) is 0.335. The molecule has 3 aromatic rings. The number of anilines is 1. The van der Waals surface area contributed by atoms with Gasteiger partial charge in [-0.25, -0.2) is 10.2 Å². The number of carbonyl (C=O) groups is 1. The summed E-state index contributed by atoms with van der Waals surface area (Å²) < 4.78 is 11.2. The minimum Gasteiger partial charge on any atom is -0.493 e. The Hall–Kier alpha value is -3.22. The zero-order chi connectivity index (χ0) is 22.2. The average Bonchev–Trinajstić information content (AvgIpc) is 2.75. The normalized spacial score (nSPS) is 10.7. The number of aryl methyl sites for hydroxylation is 1. The fraction of sp³-hybridized carbons (Fsp3) is 0.130. The van der Waals surface area contributed by atoms with Gasteiger partial charge in [-0.3, -0.25) is 0 Å². The van der Waals surface area contributed by atoms with Gasteiger partial charge >= 0.3 is 6.03 Å². The summed E-state index contributed by atoms with van der Waals surface area (Å²) >= 11 is 12.1. The van der Waals surface area contributed by atoms with Crippen LogP contribution in [0.5, 0.6) is 11.5 Å². The maximum atomic E-state index is 12.0. The van der Waals surface area contributed by atoms with Crippen LogP contribution in [-0.4, -0.2) is 19.4 Å². The van der Waals surface area contributed by atoms with Gasteiger partial charge in [-0.2, -0.15) is 5.10 Å². The van der Waals surface area contributed by atoms with E-state index in [1.807, 2.05) is 37.3 Å². The third-order valence-electron chi connectivity index (χ3n) is 4.36. The monoisotopic (exact) mass is 457 g/mol. The number of ether oxygens (including phenoxy) is 2. The standard InChI is InChI=1S/C23H21Cl2N3O3/c1-15-5-3-4-6-20(15)27-23(29)28-26-13-16-7-10-21(22(11-16)30-2)31-14-17-8-9-18(24)12-19(17)25/h3-13H,14H2,1-2H3,(H2,27,28,29). The molecule has 2 amide bonds. The second-order valence-electron chi connectivity index (χ2n) is 6.57. The number of nitrogens with one attached hydrogen (secondary N) is 2. The molecule has 0 radical (unpaired) electrons. The van der Waals surface area contributed by atoms with Gasteiger partial charge in [-0.05, 0) is 54.4 Å². The third kappa shape index (κ3) is 6.38. The first-order valence-corrected chi connectivity index (χ1v) is 10.1. The van der Waals surface area contributed by atoms with Crippen LogP contribution in [0.2, 0.25) is 10.0 Å². The molecular weight excluding hydrogens is 437 g/mol. The summed E-state index contributed by atoms with van der Waals surface area (Å²) in [5.74, 6) is 1.08. The van der Waals surface area contributed by atoms with Gasteiger partial charge < -0.3 is 14.8 Å². The van der Waals surface area contributed by atoms with E-state index in [1.165, 1.54) is 6.21 Å². The van der Waals surface area contributed by atoms with Gasteiger partial charge in [0, 0.05) is 21.3 Å². The Labute approximate surface area is 190 Å². The van der Waals surface area contributed by atoms with E-state index in [9.17, 15) is 4.79 Å². The molecule has 0 heterocycles. The second kappa shape index (κ2) is 10.7. The minimum atomic E-state index is -0.433. The van der Waals surface area contributed by atoms with Gasteiger partial charge in [-0.1, -0.05) is 47.5 Å². The Morgan fingerprint density at radius 3 is 2.61 bits per heavy atom. The number of halogens is 2. The molecule has 0 unspecified atom stereocenters. The topological polar surface area (TPSA) is 72.0 Å². The highest BCUT2D eigenvalue weighted by Crippen LogP contribution is 2.29. The van der Waals surface area contributed by atoms with Crippen molar-refractivity contribution in [1.29, 1.82) is 0 Å². The number of urea groups is 1. The summed E-state index contributed by atoms with van der Waals surface area (Å²) in [5, 5.41) is 7.81. The van der Waals surface area contributed by atoms with Crippen molar-refractivity contribution in [3.63, 3.8) is 0 Å². The molecule has 6 nitrogen and oxygen atoms in total. The lowest BCUT2D eigenvalue weighted by atomic mass is 10.2. The summed E-state index contributed by atoms with van der Waals surface area (Å²) in [6, 6.07) is 17.6. The number of hydrazone groups is 1. The predicted molar refractivity (Wildman–Crippen MR) is 125 cm³/mol. The van der Waals surface area contributed by atoms with E-state index in [0.29, 0.717) is 21.5 Å². The van der Waals surface area contributed by atoms with Gasteiger partial charge in [0.25, 0.3) is 0 Å². The molecule has 0 atom stereocenters. The molecule has 0 bridgehead atoms. The summed E-state index contributed by atoms with van der Waals surface area (Å²) in [4.78, 5) is 12.0. The van der Waals surface area contributed by atoms with Crippen LogP contribution in [0.15, 0.2) is 65.8 Å². The highest BCUT2D eigenvalue weighted by Gasteiger charge is 2.08. The number of para-hydroxylation sites is 1. The number of rotatable bonds is 7. The molecular formula is C23H21Cl2N3O3. The number of methoxy groups -OCH3 is 1. The van der Waals surface area contributed by atoms with Crippen molar-refractivity contribution in [1.82, 2.24) is 5.43 Å². The molecule has 0 aromatic heterocycles. The van der Waals surface area contributed by atoms with E-state index >= 15 is 0 Å². The van der Waals surface area contributed by atoms with Gasteiger partial charge in [0.2, 0.25) is 0 Å². The molecule has 160 valence electrons. The first-order chi connectivity index (χ1) is 15.0. The Morgan fingerprint density at radius 2 is 1.87 bits per heavy atom. The van der Waals surface area contributed by atoms with Gasteiger partial charge in [0.15, 0.2) is 11.5 Å². The number of amides is 2. The predicted octanol–water partition coefficient (Wildman–Crippen LogP) is 6.05. The number of hydrogen-bond acceptors (Lipinski definition) is 4. The maximum absolute atomic E-state index is 12.0. The molecule has 0 aliphatic carbocycles. The fourth-order valence-electron chi connectivity index (χ4n) is 2.71. The summed E-state index contributed by atoms with van der Waals surface area (Å²) in [6.07, 6.45) is 1.51. The van der Waals surface area contributed by atoms with Crippen LogP contribution in [0.25, 0.3) is 0 Å². The van der Waals surface area contributed by atoms with Crippen molar-refractivity contribution in [3.8, 4) is 11.5 Å². The molecule has 0 aliphatic rings. The third-order valence-corrected chi connectivity index (χ3v) is 4.95. The highest BCUT2D eigenvalue weighted by atomic mass is 35.5.